The summed E-state index contributed by atoms with van der Waals surface area (Å²) in [5, 5.41) is 23.0. The fraction of sp³-hybridized carbons (Fsp3) is 0.882. The van der Waals surface area contributed by atoms with Crippen molar-refractivity contribution in [2.75, 3.05) is 13.2 Å². The van der Waals surface area contributed by atoms with Gasteiger partial charge < -0.3 is 20.3 Å². The molecule has 0 aliphatic heterocycles. The number of carbonyl (C=O) groups excluding carboxylic acids is 2. The maximum Gasteiger partial charge on any atom is 0.305 e. The normalized spacial score (nSPS) is 12.8. The molecule has 6 nitrogen and oxygen atoms in total. The van der Waals surface area contributed by atoms with Crippen LogP contribution in [0.3, 0.4) is 0 Å². The number of amides is 1. The molecular formula is C51H97NO5. The average molecular weight is 804 g/mol. The highest BCUT2D eigenvalue weighted by Gasteiger charge is 2.19. The molecule has 0 bridgehead atoms. The summed E-state index contributed by atoms with van der Waals surface area (Å²) in [6.07, 6.45) is 54.5. The predicted molar refractivity (Wildman–Crippen MR) is 246 cm³/mol. The van der Waals surface area contributed by atoms with E-state index < -0.39 is 12.1 Å². The third-order valence-corrected chi connectivity index (χ3v) is 11.5. The van der Waals surface area contributed by atoms with Crippen molar-refractivity contribution in [1.29, 1.82) is 0 Å². The Bertz CT molecular complexity index is 889. The molecule has 0 aliphatic rings. The van der Waals surface area contributed by atoms with E-state index in [-0.39, 0.29) is 18.5 Å². The molecule has 0 spiro atoms. The summed E-state index contributed by atoms with van der Waals surface area (Å²) < 4.78 is 5.46. The molecule has 336 valence electrons. The molecule has 0 fully saturated rings. The average Bonchev–Trinajstić information content (AvgIpc) is 3.21. The number of aliphatic hydroxyl groups excluding tert-OH is 2. The van der Waals surface area contributed by atoms with Crippen LogP contribution in [0.15, 0.2) is 24.3 Å². The number of ether oxygens (including phenoxy) is 1. The van der Waals surface area contributed by atoms with Crippen molar-refractivity contribution in [3.8, 4) is 0 Å². The number of hydrogen-bond acceptors (Lipinski definition) is 5. The standard InChI is InChI=1S/C51H97NO5/c1-3-5-7-9-11-13-15-16-17-18-21-25-29-33-37-41-45-51(56)57-46-42-38-34-30-26-22-19-20-24-28-32-36-40-44-50(55)52-48(47-53)49(54)43-39-35-31-27-23-14-12-10-8-6-4-2/h20,24,32,36,48-49,53-54H,3-19,21-23,25-31,33-35,37-47H2,1-2H3,(H,52,55)/b24-20-,36-32-. The van der Waals surface area contributed by atoms with Gasteiger partial charge in [-0.3, -0.25) is 9.59 Å². The largest absolute Gasteiger partial charge is 0.466 e. The van der Waals surface area contributed by atoms with Crippen LogP contribution < -0.4 is 5.32 Å². The van der Waals surface area contributed by atoms with Crippen LogP contribution in [0.4, 0.5) is 0 Å². The van der Waals surface area contributed by atoms with Gasteiger partial charge in [-0.15, -0.1) is 0 Å². The van der Waals surface area contributed by atoms with E-state index in [0.29, 0.717) is 32.3 Å². The van der Waals surface area contributed by atoms with E-state index in [9.17, 15) is 19.8 Å². The second-order valence-electron chi connectivity index (χ2n) is 17.1. The van der Waals surface area contributed by atoms with Crippen LogP contribution >= 0.6 is 0 Å². The van der Waals surface area contributed by atoms with E-state index >= 15 is 0 Å². The number of hydrogen-bond donors (Lipinski definition) is 3. The van der Waals surface area contributed by atoms with Crippen molar-refractivity contribution in [2.45, 2.75) is 276 Å². The minimum atomic E-state index is -0.696. The molecule has 0 aromatic heterocycles. The molecule has 0 heterocycles. The summed E-state index contributed by atoms with van der Waals surface area (Å²) in [4.78, 5) is 24.4. The Morgan fingerprint density at radius 2 is 0.895 bits per heavy atom. The van der Waals surface area contributed by atoms with Gasteiger partial charge in [-0.05, 0) is 44.9 Å². The van der Waals surface area contributed by atoms with Gasteiger partial charge >= 0.3 is 5.97 Å². The third kappa shape index (κ3) is 43.7. The van der Waals surface area contributed by atoms with Gasteiger partial charge in [-0.2, -0.15) is 0 Å². The summed E-state index contributed by atoms with van der Waals surface area (Å²) in [6.45, 7) is 4.88. The Hall–Kier alpha value is -1.66. The zero-order valence-corrected chi connectivity index (χ0v) is 38.1. The quantitative estimate of drug-likeness (QED) is 0.0324. The molecule has 2 unspecified atom stereocenters. The van der Waals surface area contributed by atoms with Crippen molar-refractivity contribution in [1.82, 2.24) is 5.32 Å². The van der Waals surface area contributed by atoms with Crippen LogP contribution in [-0.4, -0.2) is 47.4 Å². The number of nitrogens with one attached hydrogen (secondary N) is 1. The van der Waals surface area contributed by atoms with E-state index in [1.165, 1.54) is 173 Å². The minimum absolute atomic E-state index is 0.0141. The molecule has 57 heavy (non-hydrogen) atoms. The summed E-state index contributed by atoms with van der Waals surface area (Å²) in [5.41, 5.74) is 0. The smallest absolute Gasteiger partial charge is 0.305 e. The number of esters is 1. The summed E-state index contributed by atoms with van der Waals surface area (Å²) in [6, 6.07) is -0.583. The van der Waals surface area contributed by atoms with Crippen molar-refractivity contribution < 1.29 is 24.5 Å². The fourth-order valence-electron chi connectivity index (χ4n) is 7.63. The highest BCUT2D eigenvalue weighted by Crippen LogP contribution is 2.16. The highest BCUT2D eigenvalue weighted by atomic mass is 16.5. The maximum absolute atomic E-state index is 12.4. The molecule has 0 radical (unpaired) electrons. The first-order chi connectivity index (χ1) is 28.0. The van der Waals surface area contributed by atoms with Gasteiger partial charge in [-0.25, -0.2) is 0 Å². The van der Waals surface area contributed by atoms with Gasteiger partial charge in [0.2, 0.25) is 5.91 Å². The lowest BCUT2D eigenvalue weighted by atomic mass is 10.0. The molecule has 1 amide bonds. The maximum atomic E-state index is 12.4. The summed E-state index contributed by atoms with van der Waals surface area (Å²) in [5.74, 6) is -0.131. The van der Waals surface area contributed by atoms with E-state index in [0.717, 1.165) is 51.4 Å². The zero-order chi connectivity index (χ0) is 41.5. The van der Waals surface area contributed by atoms with Crippen LogP contribution in [0.2, 0.25) is 0 Å². The molecule has 0 saturated carbocycles. The molecule has 0 rings (SSSR count). The third-order valence-electron chi connectivity index (χ3n) is 11.5. The van der Waals surface area contributed by atoms with E-state index in [1.807, 2.05) is 6.08 Å². The number of aliphatic hydroxyl groups is 2. The predicted octanol–water partition coefficient (Wildman–Crippen LogP) is 14.7. The van der Waals surface area contributed by atoms with Gasteiger partial charge in [0.15, 0.2) is 0 Å². The minimum Gasteiger partial charge on any atom is -0.466 e. The lowest BCUT2D eigenvalue weighted by Crippen LogP contribution is -2.45. The molecule has 0 saturated heterocycles. The Kier molecular flexibility index (Phi) is 45.7. The SMILES string of the molecule is CCCCCCCCCCCCCCCCCCC(=O)OCCCCCCCC/C=C\C/C=C\CCC(=O)NC(CO)C(O)CCCCCCCCCCCCC. The molecule has 0 aromatic carbocycles. The van der Waals surface area contributed by atoms with Gasteiger partial charge in [0.1, 0.15) is 0 Å². The van der Waals surface area contributed by atoms with Gasteiger partial charge in [0, 0.05) is 12.8 Å². The lowest BCUT2D eigenvalue weighted by molar-refractivity contribution is -0.143. The van der Waals surface area contributed by atoms with Crippen LogP contribution in [-0.2, 0) is 14.3 Å². The Labute approximate surface area is 354 Å². The van der Waals surface area contributed by atoms with Crippen LogP contribution in [0, 0.1) is 0 Å². The zero-order valence-electron chi connectivity index (χ0n) is 38.1. The molecule has 3 N–H and O–H groups in total. The first kappa shape index (κ1) is 55.3. The van der Waals surface area contributed by atoms with E-state index in [1.54, 1.807) is 0 Å². The van der Waals surface area contributed by atoms with Gasteiger partial charge in [-0.1, -0.05) is 231 Å². The van der Waals surface area contributed by atoms with E-state index in [4.69, 9.17) is 4.74 Å². The Balaban J connectivity index is 3.52. The van der Waals surface area contributed by atoms with Crippen LogP contribution in [0.1, 0.15) is 264 Å². The Morgan fingerprint density at radius 1 is 0.491 bits per heavy atom. The second kappa shape index (κ2) is 47.0. The molecule has 2 atom stereocenters. The van der Waals surface area contributed by atoms with Crippen molar-refractivity contribution in [3.05, 3.63) is 24.3 Å². The first-order valence-electron chi connectivity index (χ1n) is 25.1. The lowest BCUT2D eigenvalue weighted by Gasteiger charge is -2.22. The van der Waals surface area contributed by atoms with Crippen LogP contribution in [0.25, 0.3) is 0 Å². The first-order valence-corrected chi connectivity index (χ1v) is 25.1. The molecule has 0 aromatic rings. The van der Waals surface area contributed by atoms with Gasteiger partial charge in [0.05, 0.1) is 25.4 Å². The number of carbonyl (C=O) groups is 2. The second-order valence-corrected chi connectivity index (χ2v) is 17.1. The number of allylic oxidation sites excluding steroid dienone is 4. The van der Waals surface area contributed by atoms with Crippen molar-refractivity contribution in [2.24, 2.45) is 0 Å². The van der Waals surface area contributed by atoms with Gasteiger partial charge in [0.25, 0.3) is 0 Å². The van der Waals surface area contributed by atoms with Crippen molar-refractivity contribution >= 4 is 11.9 Å². The molecular weight excluding hydrogens is 707 g/mol. The summed E-state index contributed by atoms with van der Waals surface area (Å²) >= 11 is 0. The van der Waals surface area contributed by atoms with E-state index in [2.05, 4.69) is 37.4 Å². The monoisotopic (exact) mass is 804 g/mol. The fourth-order valence-corrected chi connectivity index (χ4v) is 7.63. The number of rotatable bonds is 46. The molecule has 0 aliphatic carbocycles. The molecule has 6 heteroatoms. The number of unbranched alkanes of at least 4 members (excludes halogenated alkanes) is 31. The topological polar surface area (TPSA) is 95.9 Å². The summed E-state index contributed by atoms with van der Waals surface area (Å²) in [7, 11) is 0. The highest BCUT2D eigenvalue weighted by molar-refractivity contribution is 5.76. The Morgan fingerprint density at radius 3 is 1.37 bits per heavy atom. The van der Waals surface area contributed by atoms with Crippen molar-refractivity contribution in [3.63, 3.8) is 0 Å². The van der Waals surface area contributed by atoms with Crippen LogP contribution in [0.5, 0.6) is 0 Å².